The van der Waals surface area contributed by atoms with Gasteiger partial charge in [0.25, 0.3) is 0 Å². The number of ether oxygens (including phenoxy) is 1. The number of hydrogen-bond donors (Lipinski definition) is 1. The zero-order valence-corrected chi connectivity index (χ0v) is 17.6. The average molecular weight is 373 g/mol. The Morgan fingerprint density at radius 1 is 1.11 bits per heavy atom. The van der Waals surface area contributed by atoms with Gasteiger partial charge in [-0.3, -0.25) is 0 Å². The van der Waals surface area contributed by atoms with Gasteiger partial charge in [-0.05, 0) is 65.9 Å². The Hall–Kier alpha value is -1.79. The van der Waals surface area contributed by atoms with E-state index in [0.29, 0.717) is 6.54 Å². The van der Waals surface area contributed by atoms with Gasteiger partial charge in [0.1, 0.15) is 5.60 Å². The first-order chi connectivity index (χ1) is 12.4. The lowest BCUT2D eigenvalue weighted by Gasteiger charge is -2.32. The van der Waals surface area contributed by atoms with Crippen LogP contribution in [0.2, 0.25) is 0 Å². The van der Waals surface area contributed by atoms with Gasteiger partial charge in [-0.25, -0.2) is 4.79 Å². The molecule has 0 radical (unpaired) electrons. The molecule has 0 unspecified atom stereocenters. The summed E-state index contributed by atoms with van der Waals surface area (Å²) in [6, 6.07) is 8.14. The molecule has 0 saturated carbocycles. The molecule has 1 heterocycles. The first kappa shape index (κ1) is 21.5. The van der Waals surface area contributed by atoms with Crippen molar-refractivity contribution in [3.63, 3.8) is 0 Å². The smallest absolute Gasteiger partial charge is 0.444 e. The highest BCUT2D eigenvalue weighted by Gasteiger charge is 2.51. The van der Waals surface area contributed by atoms with E-state index in [9.17, 15) is 4.79 Å². The lowest BCUT2D eigenvalue weighted by Crippen LogP contribution is -2.41. The lowest BCUT2D eigenvalue weighted by molar-refractivity contribution is 0.00578. The van der Waals surface area contributed by atoms with Crippen molar-refractivity contribution in [2.24, 2.45) is 0 Å². The number of amides is 1. The van der Waals surface area contributed by atoms with Crippen LogP contribution in [-0.2, 0) is 14.0 Å². The summed E-state index contributed by atoms with van der Waals surface area (Å²) in [4.78, 5) is 11.6. The van der Waals surface area contributed by atoms with Crippen LogP contribution in [0.15, 0.2) is 30.3 Å². The molecule has 1 fully saturated rings. The van der Waals surface area contributed by atoms with Crippen LogP contribution in [0.5, 0.6) is 0 Å². The summed E-state index contributed by atoms with van der Waals surface area (Å²) in [5.41, 5.74) is 0.957. The summed E-state index contributed by atoms with van der Waals surface area (Å²) in [6.07, 6.45) is 4.41. The van der Waals surface area contributed by atoms with Crippen molar-refractivity contribution in [1.29, 1.82) is 0 Å². The second kappa shape index (κ2) is 8.07. The minimum atomic E-state index is -0.473. The largest absolute Gasteiger partial charge is 0.494 e. The maximum atomic E-state index is 11.6. The number of nitrogens with one attached hydrogen (secondary N) is 1. The van der Waals surface area contributed by atoms with Gasteiger partial charge in [0, 0.05) is 6.54 Å². The second-order valence-corrected chi connectivity index (χ2v) is 8.87. The molecule has 2 rings (SSSR count). The van der Waals surface area contributed by atoms with E-state index in [2.05, 4.69) is 33.0 Å². The zero-order chi connectivity index (χ0) is 20.3. The van der Waals surface area contributed by atoms with E-state index in [1.165, 1.54) is 0 Å². The monoisotopic (exact) mass is 373 g/mol. The van der Waals surface area contributed by atoms with Crippen LogP contribution in [0.4, 0.5) is 4.79 Å². The van der Waals surface area contributed by atoms with E-state index in [4.69, 9.17) is 14.0 Å². The van der Waals surface area contributed by atoms with Crippen molar-refractivity contribution >= 4 is 24.8 Å². The molecule has 1 aromatic carbocycles. The molecule has 5 nitrogen and oxygen atoms in total. The number of alkyl carbamates (subject to hydrolysis) is 1. The molecule has 1 saturated heterocycles. The van der Waals surface area contributed by atoms with E-state index in [1.54, 1.807) is 0 Å². The Morgan fingerprint density at radius 2 is 1.67 bits per heavy atom. The number of carbonyl (C=O) groups excluding carboxylic acids is 1. The predicted octanol–water partition coefficient (Wildman–Crippen LogP) is 3.91. The summed E-state index contributed by atoms with van der Waals surface area (Å²) in [5.74, 6) is 0. The van der Waals surface area contributed by atoms with Crippen molar-refractivity contribution < 1.29 is 18.8 Å². The molecule has 148 valence electrons. The van der Waals surface area contributed by atoms with Crippen molar-refractivity contribution in [1.82, 2.24) is 5.32 Å². The molecule has 0 aliphatic carbocycles. The van der Waals surface area contributed by atoms with E-state index >= 15 is 0 Å². The molecule has 6 heteroatoms. The molecule has 27 heavy (non-hydrogen) atoms. The fourth-order valence-electron chi connectivity index (χ4n) is 2.53. The lowest BCUT2D eigenvalue weighted by atomic mass is 9.79. The molecule has 1 N–H and O–H groups in total. The Bertz CT molecular complexity index is 658. The minimum absolute atomic E-state index is 0.336. The highest BCUT2D eigenvalue weighted by atomic mass is 16.7. The van der Waals surface area contributed by atoms with Crippen LogP contribution in [0, 0.1) is 0 Å². The number of rotatable bonds is 5. The highest BCUT2D eigenvalue weighted by molar-refractivity contribution is 6.62. The zero-order valence-electron chi connectivity index (χ0n) is 17.6. The number of benzene rings is 1. The molecule has 1 amide bonds. The molecule has 1 aliphatic heterocycles. The van der Waals surface area contributed by atoms with Crippen LogP contribution >= 0.6 is 0 Å². The van der Waals surface area contributed by atoms with Crippen molar-refractivity contribution in [2.45, 2.75) is 71.7 Å². The minimum Gasteiger partial charge on any atom is -0.444 e. The maximum Gasteiger partial charge on any atom is 0.494 e. The quantitative estimate of drug-likeness (QED) is 0.628. The molecule has 0 aromatic heterocycles. The molecule has 1 aromatic rings. The summed E-state index contributed by atoms with van der Waals surface area (Å²) < 4.78 is 17.3. The fraction of sp³-hybridized carbons (Fsp3) is 0.571. The van der Waals surface area contributed by atoms with Crippen LogP contribution in [0.3, 0.4) is 0 Å². The standard InChI is InChI=1S/C21H32BNO4/c1-19(2,3)25-18(24)23-15-9-8-10-16-11-13-17(14-12-16)22-26-20(4,5)21(6,7)27-22/h8,10-14H,9,15H2,1-7H3,(H,23,24). The molecular weight excluding hydrogens is 341 g/mol. The van der Waals surface area contributed by atoms with E-state index in [0.717, 1.165) is 17.4 Å². The fourth-order valence-corrected chi connectivity index (χ4v) is 2.53. The van der Waals surface area contributed by atoms with Gasteiger partial charge in [0.15, 0.2) is 0 Å². The summed E-state index contributed by atoms with van der Waals surface area (Å²) >= 11 is 0. The van der Waals surface area contributed by atoms with Gasteiger partial charge in [0.05, 0.1) is 11.2 Å². The van der Waals surface area contributed by atoms with Crippen LogP contribution in [0.1, 0.15) is 60.5 Å². The summed E-state index contributed by atoms with van der Waals surface area (Å²) in [7, 11) is -0.342. The highest BCUT2D eigenvalue weighted by Crippen LogP contribution is 2.36. The second-order valence-electron chi connectivity index (χ2n) is 8.87. The van der Waals surface area contributed by atoms with E-state index in [-0.39, 0.29) is 24.4 Å². The van der Waals surface area contributed by atoms with Gasteiger partial charge in [0.2, 0.25) is 0 Å². The topological polar surface area (TPSA) is 56.8 Å². The van der Waals surface area contributed by atoms with Crippen LogP contribution in [-0.4, -0.2) is 36.6 Å². The van der Waals surface area contributed by atoms with Gasteiger partial charge in [-0.1, -0.05) is 36.4 Å². The number of hydrogen-bond acceptors (Lipinski definition) is 4. The SMILES string of the molecule is CC(C)(C)OC(=O)NCCC=Cc1ccc(B2OC(C)(C)C(C)(C)O2)cc1. The third-order valence-corrected chi connectivity index (χ3v) is 4.75. The van der Waals surface area contributed by atoms with Crippen molar-refractivity contribution in [3.05, 3.63) is 35.9 Å². The third-order valence-electron chi connectivity index (χ3n) is 4.75. The molecule has 0 spiro atoms. The normalized spacial score (nSPS) is 18.7. The van der Waals surface area contributed by atoms with Crippen LogP contribution < -0.4 is 10.8 Å². The van der Waals surface area contributed by atoms with Gasteiger partial charge < -0.3 is 19.4 Å². The molecule has 0 bridgehead atoms. The molecule has 1 aliphatic rings. The summed E-state index contributed by atoms with van der Waals surface area (Å²) in [5, 5.41) is 2.74. The van der Waals surface area contributed by atoms with Gasteiger partial charge in [-0.2, -0.15) is 0 Å². The average Bonchev–Trinajstić information content (AvgIpc) is 2.74. The first-order valence-electron chi connectivity index (χ1n) is 9.49. The van der Waals surface area contributed by atoms with Gasteiger partial charge in [-0.15, -0.1) is 0 Å². The number of carbonyl (C=O) groups is 1. The van der Waals surface area contributed by atoms with Gasteiger partial charge >= 0.3 is 13.2 Å². The molecular formula is C21H32BNO4. The summed E-state index contributed by atoms with van der Waals surface area (Å²) in [6.45, 7) is 14.3. The van der Waals surface area contributed by atoms with Crippen molar-refractivity contribution in [2.75, 3.05) is 6.54 Å². The third kappa shape index (κ3) is 6.11. The van der Waals surface area contributed by atoms with Crippen LogP contribution in [0.25, 0.3) is 6.08 Å². The predicted molar refractivity (Wildman–Crippen MR) is 110 cm³/mol. The maximum absolute atomic E-state index is 11.6. The Labute approximate surface area is 163 Å². The molecule has 0 atom stereocenters. The van der Waals surface area contributed by atoms with Crippen molar-refractivity contribution in [3.8, 4) is 0 Å². The first-order valence-corrected chi connectivity index (χ1v) is 9.49. The Balaban J connectivity index is 1.81. The van der Waals surface area contributed by atoms with E-state index in [1.807, 2.05) is 57.2 Å². The Morgan fingerprint density at radius 3 is 2.19 bits per heavy atom. The Kier molecular flexibility index (Phi) is 6.43. The van der Waals surface area contributed by atoms with E-state index < -0.39 is 5.60 Å².